The first-order chi connectivity index (χ1) is 5.70. The first kappa shape index (κ1) is 9.70. The van der Waals surface area contributed by atoms with E-state index in [1.54, 1.807) is 0 Å². The van der Waals surface area contributed by atoms with Gasteiger partial charge in [0.05, 0.1) is 19.4 Å². The molecule has 0 aromatic heterocycles. The Morgan fingerprint density at radius 2 is 2.17 bits per heavy atom. The van der Waals surface area contributed by atoms with Gasteiger partial charge in [-0.1, -0.05) is 0 Å². The summed E-state index contributed by atoms with van der Waals surface area (Å²) in [6, 6.07) is 0. The molecule has 0 spiro atoms. The Bertz CT molecular complexity index is 159. The molecular formula is C7H15N3OS. The standard InChI is InChI=1S/C7H15N3OS/c1-6(9-7(8)12)10-2-4-11-5-3-10/h6H,2-5H2,1H3,(H3,8,9,12). The average molecular weight is 189 g/mol. The lowest BCUT2D eigenvalue weighted by molar-refractivity contribution is 0.0174. The van der Waals surface area contributed by atoms with Crippen molar-refractivity contribution in [2.24, 2.45) is 5.73 Å². The summed E-state index contributed by atoms with van der Waals surface area (Å²) in [6.07, 6.45) is 0.214. The molecule has 1 fully saturated rings. The van der Waals surface area contributed by atoms with E-state index >= 15 is 0 Å². The molecule has 1 aliphatic heterocycles. The third-order valence-electron chi connectivity index (χ3n) is 1.94. The van der Waals surface area contributed by atoms with E-state index in [-0.39, 0.29) is 6.17 Å². The van der Waals surface area contributed by atoms with Crippen LogP contribution in [0.3, 0.4) is 0 Å². The zero-order valence-corrected chi connectivity index (χ0v) is 8.06. The van der Waals surface area contributed by atoms with E-state index in [4.69, 9.17) is 22.7 Å². The van der Waals surface area contributed by atoms with Crippen molar-refractivity contribution in [3.05, 3.63) is 0 Å². The average Bonchev–Trinajstić information content (AvgIpc) is 2.05. The van der Waals surface area contributed by atoms with Gasteiger partial charge < -0.3 is 15.8 Å². The molecule has 0 amide bonds. The minimum atomic E-state index is 0.214. The summed E-state index contributed by atoms with van der Waals surface area (Å²) in [4.78, 5) is 2.25. The molecule has 70 valence electrons. The van der Waals surface area contributed by atoms with Crippen LogP contribution < -0.4 is 11.1 Å². The lowest BCUT2D eigenvalue weighted by Gasteiger charge is -2.32. The van der Waals surface area contributed by atoms with Gasteiger partial charge in [-0.25, -0.2) is 0 Å². The van der Waals surface area contributed by atoms with Crippen molar-refractivity contribution in [2.75, 3.05) is 26.3 Å². The van der Waals surface area contributed by atoms with Crippen molar-refractivity contribution in [1.29, 1.82) is 0 Å². The number of nitrogens with two attached hydrogens (primary N) is 1. The van der Waals surface area contributed by atoms with Crippen LogP contribution in [0, 0.1) is 0 Å². The maximum Gasteiger partial charge on any atom is 0.164 e. The van der Waals surface area contributed by atoms with Crippen molar-refractivity contribution in [3.8, 4) is 0 Å². The fraction of sp³-hybridized carbons (Fsp3) is 0.857. The first-order valence-electron chi connectivity index (χ1n) is 4.08. The predicted molar refractivity (Wildman–Crippen MR) is 51.8 cm³/mol. The minimum absolute atomic E-state index is 0.214. The second-order valence-corrected chi connectivity index (χ2v) is 3.27. The van der Waals surface area contributed by atoms with Crippen LogP contribution in [0.15, 0.2) is 0 Å². The van der Waals surface area contributed by atoms with Gasteiger partial charge >= 0.3 is 0 Å². The zero-order valence-electron chi connectivity index (χ0n) is 7.25. The molecule has 0 aromatic carbocycles. The van der Waals surface area contributed by atoms with Gasteiger partial charge in [-0.15, -0.1) is 0 Å². The van der Waals surface area contributed by atoms with E-state index in [2.05, 4.69) is 10.2 Å². The SMILES string of the molecule is CC(NC(N)=S)N1CCOCC1. The van der Waals surface area contributed by atoms with E-state index in [9.17, 15) is 0 Å². The summed E-state index contributed by atoms with van der Waals surface area (Å²) in [6.45, 7) is 5.52. The first-order valence-corrected chi connectivity index (χ1v) is 4.49. The van der Waals surface area contributed by atoms with E-state index in [1.165, 1.54) is 0 Å². The minimum Gasteiger partial charge on any atom is -0.379 e. The molecule has 0 radical (unpaired) electrons. The molecule has 0 aliphatic carbocycles. The van der Waals surface area contributed by atoms with Gasteiger partial charge in [0.15, 0.2) is 5.11 Å². The zero-order chi connectivity index (χ0) is 8.97. The maximum atomic E-state index is 5.36. The third-order valence-corrected chi connectivity index (χ3v) is 2.06. The molecule has 0 aromatic rings. The molecule has 1 saturated heterocycles. The van der Waals surface area contributed by atoms with Crippen molar-refractivity contribution in [3.63, 3.8) is 0 Å². The van der Waals surface area contributed by atoms with E-state index in [1.807, 2.05) is 6.92 Å². The summed E-state index contributed by atoms with van der Waals surface area (Å²) < 4.78 is 5.22. The highest BCUT2D eigenvalue weighted by Gasteiger charge is 2.16. The molecule has 1 rings (SSSR count). The van der Waals surface area contributed by atoms with Gasteiger partial charge in [-0.05, 0) is 19.1 Å². The quantitative estimate of drug-likeness (QED) is 0.573. The number of hydrogen-bond donors (Lipinski definition) is 2. The Balaban J connectivity index is 2.29. The van der Waals surface area contributed by atoms with E-state index in [0.717, 1.165) is 26.3 Å². The number of nitrogens with zero attached hydrogens (tertiary/aromatic N) is 1. The molecule has 3 N–H and O–H groups in total. The predicted octanol–water partition coefficient (Wildman–Crippen LogP) is -0.502. The van der Waals surface area contributed by atoms with Gasteiger partial charge in [-0.3, -0.25) is 4.90 Å². The summed E-state index contributed by atoms with van der Waals surface area (Å²) >= 11 is 4.75. The molecular weight excluding hydrogens is 174 g/mol. The number of morpholine rings is 1. The van der Waals surface area contributed by atoms with Crippen LogP contribution in [0.1, 0.15) is 6.92 Å². The smallest absolute Gasteiger partial charge is 0.164 e. The largest absolute Gasteiger partial charge is 0.379 e. The van der Waals surface area contributed by atoms with Crippen molar-refractivity contribution in [2.45, 2.75) is 13.1 Å². The van der Waals surface area contributed by atoms with Crippen molar-refractivity contribution < 1.29 is 4.74 Å². The van der Waals surface area contributed by atoms with Gasteiger partial charge in [0.25, 0.3) is 0 Å². The van der Waals surface area contributed by atoms with Gasteiger partial charge in [-0.2, -0.15) is 0 Å². The maximum absolute atomic E-state index is 5.36. The number of thiocarbonyl (C=S) groups is 1. The number of nitrogens with one attached hydrogen (secondary N) is 1. The number of ether oxygens (including phenoxy) is 1. The van der Waals surface area contributed by atoms with E-state index < -0.39 is 0 Å². The van der Waals surface area contributed by atoms with Gasteiger partial charge in [0.2, 0.25) is 0 Å². The van der Waals surface area contributed by atoms with Crippen molar-refractivity contribution >= 4 is 17.3 Å². The van der Waals surface area contributed by atoms with Crippen LogP contribution >= 0.6 is 12.2 Å². The molecule has 4 nitrogen and oxygen atoms in total. The normalized spacial score (nSPS) is 21.8. The second-order valence-electron chi connectivity index (χ2n) is 2.83. The van der Waals surface area contributed by atoms with Gasteiger partial charge in [0.1, 0.15) is 0 Å². The second kappa shape index (κ2) is 4.59. The summed E-state index contributed by atoms with van der Waals surface area (Å²) in [5.74, 6) is 0. The molecule has 12 heavy (non-hydrogen) atoms. The molecule has 0 bridgehead atoms. The fourth-order valence-corrected chi connectivity index (χ4v) is 1.43. The monoisotopic (exact) mass is 189 g/mol. The number of hydrogen-bond acceptors (Lipinski definition) is 3. The van der Waals surface area contributed by atoms with Crippen LogP contribution in [0.25, 0.3) is 0 Å². The highest BCUT2D eigenvalue weighted by Crippen LogP contribution is 2.00. The fourth-order valence-electron chi connectivity index (χ4n) is 1.26. The Morgan fingerprint density at radius 3 is 2.67 bits per heavy atom. The molecule has 1 aliphatic rings. The van der Waals surface area contributed by atoms with Gasteiger partial charge in [0, 0.05) is 13.1 Å². The Kier molecular flexibility index (Phi) is 3.71. The molecule has 5 heteroatoms. The summed E-state index contributed by atoms with van der Waals surface area (Å²) in [5, 5.41) is 3.35. The van der Waals surface area contributed by atoms with E-state index in [0.29, 0.717) is 5.11 Å². The number of rotatable bonds is 2. The van der Waals surface area contributed by atoms with Crippen LogP contribution in [0.2, 0.25) is 0 Å². The third kappa shape index (κ3) is 2.92. The molecule has 1 unspecified atom stereocenters. The summed E-state index contributed by atoms with van der Waals surface area (Å²) in [5.41, 5.74) is 5.36. The lowest BCUT2D eigenvalue weighted by atomic mass is 10.4. The highest BCUT2D eigenvalue weighted by atomic mass is 32.1. The van der Waals surface area contributed by atoms with Crippen molar-refractivity contribution in [1.82, 2.24) is 10.2 Å². The van der Waals surface area contributed by atoms with Crippen LogP contribution in [-0.2, 0) is 4.74 Å². The lowest BCUT2D eigenvalue weighted by Crippen LogP contribution is -2.51. The molecule has 0 saturated carbocycles. The highest BCUT2D eigenvalue weighted by molar-refractivity contribution is 7.80. The molecule has 1 atom stereocenters. The van der Waals surface area contributed by atoms with Crippen LogP contribution in [0.4, 0.5) is 0 Å². The van der Waals surface area contributed by atoms with Crippen LogP contribution in [0.5, 0.6) is 0 Å². The van der Waals surface area contributed by atoms with Crippen LogP contribution in [-0.4, -0.2) is 42.5 Å². The topological polar surface area (TPSA) is 50.5 Å². The Morgan fingerprint density at radius 1 is 1.58 bits per heavy atom. The Hall–Kier alpha value is -0.390. The molecule has 1 heterocycles. The Labute approximate surface area is 78.0 Å². The summed E-state index contributed by atoms with van der Waals surface area (Å²) in [7, 11) is 0.